The third kappa shape index (κ3) is 3.83. The number of carbonyl (C=O) groups excluding carboxylic acids is 2. The van der Waals surface area contributed by atoms with Crippen LogP contribution in [0, 0.1) is 5.92 Å². The fourth-order valence-corrected chi connectivity index (χ4v) is 3.84. The molecule has 0 aliphatic carbocycles. The van der Waals surface area contributed by atoms with Crippen LogP contribution in [-0.2, 0) is 14.4 Å². The number of aromatic carboxylic acids is 1. The summed E-state index contributed by atoms with van der Waals surface area (Å²) in [4.78, 5) is 48.3. The van der Waals surface area contributed by atoms with Gasteiger partial charge >= 0.3 is 11.9 Å². The number of carboxylic acid groups (broad SMARTS) is 2. The molecule has 1 aromatic carbocycles. The number of aliphatic carboxylic acids is 1. The van der Waals surface area contributed by atoms with E-state index in [2.05, 4.69) is 0 Å². The Morgan fingerprint density at radius 1 is 1.19 bits per heavy atom. The lowest BCUT2D eigenvalue weighted by molar-refractivity contribution is -0.152. The molecule has 1 aromatic rings. The summed E-state index contributed by atoms with van der Waals surface area (Å²) < 4.78 is 0.0577. The molecule has 7 nitrogen and oxygen atoms in total. The van der Waals surface area contributed by atoms with Gasteiger partial charge in [-0.05, 0) is 23.6 Å². The molecule has 1 heterocycles. The Bertz CT molecular complexity index is 845. The fourth-order valence-electron chi connectivity index (χ4n) is 2.52. The molecule has 1 aliphatic rings. The molecule has 2 rings (SSSR count). The molecule has 2 N–H and O–H groups in total. The fraction of sp³-hybridized carbons (Fsp3) is 0.235. The Balaban J connectivity index is 2.44. The minimum atomic E-state index is -1.64. The zero-order valence-corrected chi connectivity index (χ0v) is 15.5. The van der Waals surface area contributed by atoms with Gasteiger partial charge in [0.25, 0.3) is 11.7 Å². The van der Waals surface area contributed by atoms with E-state index in [1.807, 2.05) is 0 Å². The second-order valence-corrected chi connectivity index (χ2v) is 7.48. The zero-order valence-electron chi connectivity index (χ0n) is 13.8. The van der Waals surface area contributed by atoms with Crippen molar-refractivity contribution in [1.29, 1.82) is 0 Å². The van der Waals surface area contributed by atoms with E-state index in [1.54, 1.807) is 32.0 Å². The lowest BCUT2D eigenvalue weighted by Gasteiger charge is -2.27. The molecular weight excluding hydrogens is 378 g/mol. The van der Waals surface area contributed by atoms with Crippen LogP contribution < -0.4 is 0 Å². The van der Waals surface area contributed by atoms with Crippen molar-refractivity contribution >= 4 is 58.0 Å². The van der Waals surface area contributed by atoms with Crippen LogP contribution in [0.5, 0.6) is 0 Å². The molecule has 1 amide bonds. The smallest absolute Gasteiger partial charge is 0.374 e. The third-order valence-corrected chi connectivity index (χ3v) is 5.02. The molecule has 1 aliphatic heterocycles. The highest BCUT2D eigenvalue weighted by atomic mass is 32.2. The molecule has 0 aromatic heterocycles. The van der Waals surface area contributed by atoms with Gasteiger partial charge in [0.1, 0.15) is 10.4 Å². The van der Waals surface area contributed by atoms with Gasteiger partial charge in [0.2, 0.25) is 0 Å². The molecule has 0 saturated carbocycles. The minimum Gasteiger partial charge on any atom is -0.478 e. The van der Waals surface area contributed by atoms with Gasteiger partial charge in [-0.25, -0.2) is 9.59 Å². The second-order valence-electron chi connectivity index (χ2n) is 5.80. The summed E-state index contributed by atoms with van der Waals surface area (Å²) in [5.74, 6) is -4.99. The number of thiocarbonyl (C=S) groups is 1. The van der Waals surface area contributed by atoms with Crippen LogP contribution in [0.3, 0.4) is 0 Å². The molecule has 1 saturated heterocycles. The summed E-state index contributed by atoms with van der Waals surface area (Å²) in [7, 11) is 0. The summed E-state index contributed by atoms with van der Waals surface area (Å²) in [5.41, 5.74) is 0.325. The largest absolute Gasteiger partial charge is 0.478 e. The van der Waals surface area contributed by atoms with Crippen LogP contribution in [-0.4, -0.2) is 49.1 Å². The number of hydrogen-bond acceptors (Lipinski definition) is 6. The van der Waals surface area contributed by atoms with Crippen molar-refractivity contribution in [2.75, 3.05) is 0 Å². The SMILES string of the molecule is CC(C)C(C(=O)C(=O)O)N1C(=O)/C(=C/c2ccccc2C(=O)O)SC1=S. The number of Topliss-reactive ketones (excluding diaryl/α,β-unsaturated/α-hetero) is 1. The van der Waals surface area contributed by atoms with Gasteiger partial charge in [-0.2, -0.15) is 0 Å². The number of rotatable bonds is 6. The van der Waals surface area contributed by atoms with E-state index in [0.717, 1.165) is 16.7 Å². The zero-order chi connectivity index (χ0) is 19.6. The standard InChI is InChI=1S/C17H15NO6S2/c1-8(2)12(13(19)16(23)24)18-14(20)11(26-17(18)25)7-9-5-3-4-6-10(9)15(21)22/h3-8,12H,1-2H3,(H,21,22)(H,23,24)/b11-7-. The van der Waals surface area contributed by atoms with E-state index in [1.165, 1.54) is 12.1 Å². The van der Waals surface area contributed by atoms with Gasteiger partial charge in [0.05, 0.1) is 10.5 Å². The summed E-state index contributed by atoms with van der Waals surface area (Å²) in [6.07, 6.45) is 1.38. The van der Waals surface area contributed by atoms with Crippen molar-refractivity contribution in [2.24, 2.45) is 5.92 Å². The van der Waals surface area contributed by atoms with Crippen LogP contribution in [0.4, 0.5) is 0 Å². The molecule has 136 valence electrons. The van der Waals surface area contributed by atoms with Gasteiger partial charge in [0, 0.05) is 0 Å². The number of benzene rings is 1. The number of carboxylic acids is 2. The number of thioether (sulfide) groups is 1. The third-order valence-electron chi connectivity index (χ3n) is 3.69. The van der Waals surface area contributed by atoms with Crippen molar-refractivity contribution in [1.82, 2.24) is 4.90 Å². The Kier molecular flexibility index (Phi) is 5.94. The maximum Gasteiger partial charge on any atom is 0.374 e. The molecule has 9 heteroatoms. The van der Waals surface area contributed by atoms with Crippen LogP contribution >= 0.6 is 24.0 Å². The van der Waals surface area contributed by atoms with Gasteiger partial charge in [-0.1, -0.05) is 56.0 Å². The van der Waals surface area contributed by atoms with E-state index in [0.29, 0.717) is 5.56 Å². The highest BCUT2D eigenvalue weighted by Crippen LogP contribution is 2.36. The Morgan fingerprint density at radius 3 is 2.35 bits per heavy atom. The Hall–Kier alpha value is -2.52. The number of carbonyl (C=O) groups is 4. The first-order valence-corrected chi connectivity index (χ1v) is 8.74. The highest BCUT2D eigenvalue weighted by Gasteiger charge is 2.43. The van der Waals surface area contributed by atoms with Crippen LogP contribution in [0.25, 0.3) is 6.08 Å². The number of amides is 1. The van der Waals surface area contributed by atoms with Crippen molar-refractivity contribution in [2.45, 2.75) is 19.9 Å². The first-order chi connectivity index (χ1) is 12.1. The number of nitrogens with zero attached hydrogens (tertiary/aromatic N) is 1. The Morgan fingerprint density at radius 2 is 1.81 bits per heavy atom. The minimum absolute atomic E-state index is 0.0137. The number of hydrogen-bond donors (Lipinski definition) is 2. The molecule has 0 bridgehead atoms. The van der Waals surface area contributed by atoms with E-state index in [-0.39, 0.29) is 14.8 Å². The summed E-state index contributed by atoms with van der Waals surface area (Å²) >= 11 is 6.07. The first-order valence-electron chi connectivity index (χ1n) is 7.51. The summed E-state index contributed by atoms with van der Waals surface area (Å²) in [6.45, 7) is 3.24. The maximum atomic E-state index is 12.7. The van der Waals surface area contributed by atoms with Crippen molar-refractivity contribution in [3.63, 3.8) is 0 Å². The monoisotopic (exact) mass is 393 g/mol. The normalized spacial score (nSPS) is 17.0. The van der Waals surface area contributed by atoms with Gasteiger partial charge < -0.3 is 10.2 Å². The predicted octanol–water partition coefficient (Wildman–Crippen LogP) is 2.26. The number of ketones is 1. The van der Waals surface area contributed by atoms with Crippen LogP contribution in [0.2, 0.25) is 0 Å². The average Bonchev–Trinajstić information content (AvgIpc) is 2.82. The molecule has 26 heavy (non-hydrogen) atoms. The average molecular weight is 393 g/mol. The predicted molar refractivity (Wildman–Crippen MR) is 99.7 cm³/mol. The van der Waals surface area contributed by atoms with Crippen molar-refractivity contribution in [3.8, 4) is 0 Å². The second kappa shape index (κ2) is 7.79. The quantitative estimate of drug-likeness (QED) is 0.430. The first kappa shape index (κ1) is 19.8. The lowest BCUT2D eigenvalue weighted by atomic mass is 9.98. The van der Waals surface area contributed by atoms with Gasteiger partial charge in [-0.15, -0.1) is 0 Å². The van der Waals surface area contributed by atoms with E-state index < -0.39 is 35.6 Å². The Labute approximate surface area is 158 Å². The molecular formula is C17H15NO6S2. The molecule has 1 fully saturated rings. The molecule has 0 spiro atoms. The van der Waals surface area contributed by atoms with E-state index >= 15 is 0 Å². The maximum absolute atomic E-state index is 12.7. The lowest BCUT2D eigenvalue weighted by Crippen LogP contribution is -2.49. The van der Waals surface area contributed by atoms with Crippen LogP contribution in [0.1, 0.15) is 29.8 Å². The highest BCUT2D eigenvalue weighted by molar-refractivity contribution is 8.26. The van der Waals surface area contributed by atoms with Crippen LogP contribution in [0.15, 0.2) is 29.2 Å². The summed E-state index contributed by atoms with van der Waals surface area (Å²) in [6, 6.07) is 4.91. The molecule has 1 unspecified atom stereocenters. The van der Waals surface area contributed by atoms with Gasteiger partial charge in [-0.3, -0.25) is 14.5 Å². The van der Waals surface area contributed by atoms with Crippen molar-refractivity contribution in [3.05, 3.63) is 40.3 Å². The molecule has 1 atom stereocenters. The van der Waals surface area contributed by atoms with E-state index in [9.17, 15) is 24.3 Å². The topological polar surface area (TPSA) is 112 Å². The van der Waals surface area contributed by atoms with E-state index in [4.69, 9.17) is 17.3 Å². The van der Waals surface area contributed by atoms with Gasteiger partial charge in [0.15, 0.2) is 0 Å². The summed E-state index contributed by atoms with van der Waals surface area (Å²) in [5, 5.41) is 18.3. The van der Waals surface area contributed by atoms with Crippen molar-refractivity contribution < 1.29 is 29.4 Å². The molecule has 0 radical (unpaired) electrons.